The quantitative estimate of drug-likeness (QED) is 0.160. The van der Waals surface area contributed by atoms with Crippen molar-refractivity contribution in [2.24, 2.45) is 0 Å². The number of fused-ring (bicyclic) bond motifs is 6. The summed E-state index contributed by atoms with van der Waals surface area (Å²) < 4.78 is 2.62. The van der Waals surface area contributed by atoms with E-state index in [1.54, 1.807) is 0 Å². The van der Waals surface area contributed by atoms with Crippen molar-refractivity contribution in [1.29, 1.82) is 0 Å². The molecule has 0 bridgehead atoms. The van der Waals surface area contributed by atoms with Crippen LogP contribution in [0.25, 0.3) is 87.5 Å². The van der Waals surface area contributed by atoms with Gasteiger partial charge in [-0.15, -0.1) is 11.3 Å². The van der Waals surface area contributed by atoms with Crippen LogP contribution in [0.4, 0.5) is 0 Å². The van der Waals surface area contributed by atoms with Gasteiger partial charge < -0.3 is 0 Å². The van der Waals surface area contributed by atoms with E-state index in [2.05, 4.69) is 224 Å². The molecule has 1 aliphatic rings. The SMILES string of the molecule is c1ccc(-c2nc(-c3cccc(-c4ccccc4-c4ccc5c(c4)sc4ccccc45)c3)cc(-c3ccc4c(c3)C(c3ccccc3)(c3ccccc3)c3ccccc3-4)n2)cc1. The average molecular weight is 807 g/mol. The van der Waals surface area contributed by atoms with Crippen molar-refractivity contribution in [3.8, 4) is 67.3 Å². The molecule has 0 spiro atoms. The molecule has 2 heterocycles. The Morgan fingerprint density at radius 1 is 0.306 bits per heavy atom. The fourth-order valence-corrected chi connectivity index (χ4v) is 10.9. The van der Waals surface area contributed by atoms with Crippen molar-refractivity contribution in [1.82, 2.24) is 9.97 Å². The normalized spacial score (nSPS) is 12.6. The lowest BCUT2D eigenvalue weighted by Crippen LogP contribution is -2.28. The summed E-state index contributed by atoms with van der Waals surface area (Å²) in [5, 5.41) is 2.62. The van der Waals surface area contributed by atoms with E-state index < -0.39 is 5.41 Å². The highest BCUT2D eigenvalue weighted by Gasteiger charge is 2.46. The number of hydrogen-bond acceptors (Lipinski definition) is 3. The van der Waals surface area contributed by atoms with Crippen molar-refractivity contribution in [3.63, 3.8) is 0 Å². The predicted octanol–water partition coefficient (Wildman–Crippen LogP) is 15.5. The van der Waals surface area contributed by atoms with Gasteiger partial charge in [-0.25, -0.2) is 9.97 Å². The molecule has 0 unspecified atom stereocenters. The van der Waals surface area contributed by atoms with E-state index in [4.69, 9.17) is 9.97 Å². The van der Waals surface area contributed by atoms with Crippen LogP contribution in [0.2, 0.25) is 0 Å². The molecule has 0 saturated heterocycles. The van der Waals surface area contributed by atoms with E-state index >= 15 is 0 Å². The average Bonchev–Trinajstić information content (AvgIpc) is 3.88. The Bertz CT molecular complexity index is 3420. The molecule has 1 aliphatic carbocycles. The fraction of sp³-hybridized carbons (Fsp3) is 0.0169. The van der Waals surface area contributed by atoms with Gasteiger partial charge in [0.25, 0.3) is 0 Å². The summed E-state index contributed by atoms with van der Waals surface area (Å²) in [5.74, 6) is 0.696. The lowest BCUT2D eigenvalue weighted by atomic mass is 9.67. The number of hydrogen-bond donors (Lipinski definition) is 0. The molecule has 9 aromatic carbocycles. The minimum atomic E-state index is -0.508. The van der Waals surface area contributed by atoms with Crippen LogP contribution in [0, 0.1) is 0 Å². The Morgan fingerprint density at radius 2 is 0.823 bits per heavy atom. The van der Waals surface area contributed by atoms with E-state index in [0.29, 0.717) is 5.82 Å². The van der Waals surface area contributed by atoms with Gasteiger partial charge in [0, 0.05) is 36.9 Å². The summed E-state index contributed by atoms with van der Waals surface area (Å²) in [7, 11) is 0. The zero-order valence-corrected chi connectivity index (χ0v) is 34.6. The molecule has 290 valence electrons. The molecule has 2 nitrogen and oxygen atoms in total. The number of benzene rings is 9. The lowest BCUT2D eigenvalue weighted by molar-refractivity contribution is 0.768. The zero-order chi connectivity index (χ0) is 41.0. The molecule has 3 heteroatoms. The third-order valence-electron chi connectivity index (χ3n) is 12.6. The predicted molar refractivity (Wildman–Crippen MR) is 259 cm³/mol. The van der Waals surface area contributed by atoms with E-state index in [9.17, 15) is 0 Å². The van der Waals surface area contributed by atoms with Crippen LogP contribution in [0.15, 0.2) is 231 Å². The van der Waals surface area contributed by atoms with Gasteiger partial charge in [0.15, 0.2) is 5.82 Å². The van der Waals surface area contributed by atoms with E-state index in [0.717, 1.165) is 33.6 Å². The van der Waals surface area contributed by atoms with Crippen LogP contribution in [0.3, 0.4) is 0 Å². The summed E-state index contributed by atoms with van der Waals surface area (Å²) >= 11 is 1.86. The molecular formula is C59H38N2S. The van der Waals surface area contributed by atoms with Gasteiger partial charge in [0.2, 0.25) is 0 Å². The molecule has 0 atom stereocenters. The highest BCUT2D eigenvalue weighted by atomic mass is 32.1. The van der Waals surface area contributed by atoms with Crippen LogP contribution in [-0.4, -0.2) is 9.97 Å². The third kappa shape index (κ3) is 5.85. The summed E-state index contributed by atoms with van der Waals surface area (Å²) in [6, 6.07) is 83.4. The van der Waals surface area contributed by atoms with Crippen LogP contribution < -0.4 is 0 Å². The Morgan fingerprint density at radius 3 is 1.55 bits per heavy atom. The zero-order valence-electron chi connectivity index (χ0n) is 33.7. The molecule has 0 aliphatic heterocycles. The molecule has 12 rings (SSSR count). The molecular weight excluding hydrogens is 769 g/mol. The Hall–Kier alpha value is -7.72. The van der Waals surface area contributed by atoms with Gasteiger partial charge in [0.1, 0.15) is 0 Å². The highest BCUT2D eigenvalue weighted by Crippen LogP contribution is 2.56. The molecule has 0 amide bonds. The first-order chi connectivity index (χ1) is 30.7. The van der Waals surface area contributed by atoms with Crippen LogP contribution in [0.5, 0.6) is 0 Å². The van der Waals surface area contributed by atoms with Crippen molar-refractivity contribution < 1.29 is 0 Å². The second-order valence-corrected chi connectivity index (χ2v) is 17.1. The van der Waals surface area contributed by atoms with Crippen LogP contribution >= 0.6 is 11.3 Å². The smallest absolute Gasteiger partial charge is 0.160 e. The van der Waals surface area contributed by atoms with Crippen molar-refractivity contribution in [2.45, 2.75) is 5.41 Å². The first-order valence-corrected chi connectivity index (χ1v) is 22.0. The summed E-state index contributed by atoms with van der Waals surface area (Å²) in [5.41, 5.74) is 16.6. The van der Waals surface area contributed by atoms with Gasteiger partial charge in [-0.2, -0.15) is 0 Å². The number of aromatic nitrogens is 2. The number of rotatable bonds is 7. The van der Waals surface area contributed by atoms with Crippen LogP contribution in [0.1, 0.15) is 22.3 Å². The second kappa shape index (κ2) is 14.8. The number of nitrogens with zero attached hydrogens (tertiary/aromatic N) is 2. The van der Waals surface area contributed by atoms with Gasteiger partial charge >= 0.3 is 0 Å². The van der Waals surface area contributed by atoms with E-state index in [1.807, 2.05) is 17.4 Å². The molecule has 11 aromatic rings. The molecule has 0 saturated carbocycles. The Balaban J connectivity index is 1.01. The van der Waals surface area contributed by atoms with Crippen molar-refractivity contribution >= 4 is 31.5 Å². The monoisotopic (exact) mass is 806 g/mol. The standard InChI is InChI=1S/C59H38N2S/c1-4-17-39(18-5-1)58-60-54(42-20-16-19-40(35-42)46-25-10-11-26-47(46)41-31-34-51-50-28-13-15-30-56(50)62-57(51)37-41)38-55(61-58)43-32-33-49-48-27-12-14-29-52(48)59(53(49)36-43,44-21-6-2-7-22-44)45-23-8-3-9-24-45/h1-38H. The third-order valence-corrected chi connectivity index (χ3v) is 13.7. The molecule has 2 aromatic heterocycles. The minimum Gasteiger partial charge on any atom is -0.228 e. The van der Waals surface area contributed by atoms with Crippen LogP contribution in [-0.2, 0) is 5.41 Å². The summed E-state index contributed by atoms with van der Waals surface area (Å²) in [6.07, 6.45) is 0. The van der Waals surface area contributed by atoms with E-state index in [-0.39, 0.29) is 0 Å². The highest BCUT2D eigenvalue weighted by molar-refractivity contribution is 7.25. The fourth-order valence-electron chi connectivity index (χ4n) is 9.79. The number of thiophene rings is 1. The van der Waals surface area contributed by atoms with Gasteiger partial charge in [-0.3, -0.25) is 0 Å². The molecule has 62 heavy (non-hydrogen) atoms. The van der Waals surface area contributed by atoms with Crippen molar-refractivity contribution in [2.75, 3.05) is 0 Å². The largest absolute Gasteiger partial charge is 0.228 e. The van der Waals surface area contributed by atoms with E-state index in [1.165, 1.54) is 70.2 Å². The lowest BCUT2D eigenvalue weighted by Gasteiger charge is -2.34. The maximum absolute atomic E-state index is 5.33. The Labute approximate surface area is 365 Å². The summed E-state index contributed by atoms with van der Waals surface area (Å²) in [6.45, 7) is 0. The minimum absolute atomic E-state index is 0.508. The summed E-state index contributed by atoms with van der Waals surface area (Å²) in [4.78, 5) is 10.6. The second-order valence-electron chi connectivity index (χ2n) is 16.1. The molecule has 0 radical (unpaired) electrons. The first kappa shape index (κ1) is 36.2. The van der Waals surface area contributed by atoms with Crippen molar-refractivity contribution in [3.05, 3.63) is 253 Å². The van der Waals surface area contributed by atoms with Gasteiger partial charge in [-0.05, 0) is 86.0 Å². The maximum Gasteiger partial charge on any atom is 0.160 e. The molecule has 0 N–H and O–H groups in total. The van der Waals surface area contributed by atoms with Gasteiger partial charge in [-0.1, -0.05) is 200 Å². The Kier molecular flexibility index (Phi) is 8.62. The van der Waals surface area contributed by atoms with Gasteiger partial charge in [0.05, 0.1) is 16.8 Å². The molecule has 0 fully saturated rings. The maximum atomic E-state index is 5.33. The topological polar surface area (TPSA) is 25.8 Å². The first-order valence-electron chi connectivity index (χ1n) is 21.1.